The topological polar surface area (TPSA) is 70.6 Å². The number of carbonyl (C=O) groups is 2. The van der Waals surface area contributed by atoms with Crippen molar-refractivity contribution in [2.75, 3.05) is 5.32 Å². The van der Waals surface area contributed by atoms with Crippen molar-refractivity contribution in [3.05, 3.63) is 77.3 Å². The van der Waals surface area contributed by atoms with E-state index in [0.717, 1.165) is 16.3 Å². The van der Waals surface area contributed by atoms with Gasteiger partial charge in [0.15, 0.2) is 0 Å². The van der Waals surface area contributed by atoms with Gasteiger partial charge in [0.1, 0.15) is 0 Å². The third-order valence-corrected chi connectivity index (χ3v) is 3.85. The zero-order valence-electron chi connectivity index (χ0n) is 13.1. The van der Waals surface area contributed by atoms with Crippen molar-refractivity contribution in [1.29, 1.82) is 0 Å². The largest absolute Gasteiger partial charge is 0.329 e. The quantitative estimate of drug-likeness (QED) is 0.430. The molecule has 2 N–H and O–H groups in total. The number of benzene rings is 3. The third-order valence-electron chi connectivity index (χ3n) is 3.52. The lowest BCUT2D eigenvalue weighted by Gasteiger charge is -2.05. The molecule has 25 heavy (non-hydrogen) atoms. The fourth-order valence-corrected chi connectivity index (χ4v) is 2.50. The van der Waals surface area contributed by atoms with Gasteiger partial charge in [-0.05, 0) is 22.9 Å². The first-order valence-electron chi connectivity index (χ1n) is 7.52. The van der Waals surface area contributed by atoms with Crippen molar-refractivity contribution >= 4 is 46.1 Å². The molecule has 0 aliphatic rings. The van der Waals surface area contributed by atoms with Crippen molar-refractivity contribution in [1.82, 2.24) is 5.43 Å². The molecule has 0 aromatic heterocycles. The van der Waals surface area contributed by atoms with E-state index in [1.165, 1.54) is 6.21 Å². The van der Waals surface area contributed by atoms with Crippen LogP contribution in [0.15, 0.2) is 71.8 Å². The minimum absolute atomic E-state index is 0.350. The van der Waals surface area contributed by atoms with Crippen molar-refractivity contribution in [2.24, 2.45) is 5.10 Å². The summed E-state index contributed by atoms with van der Waals surface area (Å²) in [7, 11) is 0. The molecule has 0 radical (unpaired) electrons. The fourth-order valence-electron chi connectivity index (χ4n) is 2.32. The molecule has 5 nitrogen and oxygen atoms in total. The molecule has 0 aliphatic heterocycles. The Morgan fingerprint density at radius 2 is 1.60 bits per heavy atom. The second-order valence-electron chi connectivity index (χ2n) is 5.20. The molecule has 0 saturated carbocycles. The van der Waals surface area contributed by atoms with Gasteiger partial charge in [-0.3, -0.25) is 9.59 Å². The summed E-state index contributed by atoms with van der Waals surface area (Å²) in [6.45, 7) is 0. The van der Waals surface area contributed by atoms with E-state index in [1.807, 2.05) is 42.5 Å². The standard InChI is InChI=1S/C19H14ClN3O2/c20-16-10-3-4-11-17(16)22-18(24)19(25)23-21-12-14-8-5-7-13-6-1-2-9-15(13)14/h1-12H,(H,22,24)(H,23,25)/b21-12-. The molecule has 2 amide bonds. The highest BCUT2D eigenvalue weighted by molar-refractivity contribution is 6.41. The van der Waals surface area contributed by atoms with E-state index in [1.54, 1.807) is 24.3 Å². The van der Waals surface area contributed by atoms with Crippen LogP contribution in [0.1, 0.15) is 5.56 Å². The van der Waals surface area contributed by atoms with E-state index in [4.69, 9.17) is 11.6 Å². The Bertz CT molecular complexity index is 964. The Balaban J connectivity index is 1.66. The Labute approximate surface area is 149 Å². The maximum Gasteiger partial charge on any atom is 0.329 e. The smallest absolute Gasteiger partial charge is 0.316 e. The average Bonchev–Trinajstić information content (AvgIpc) is 2.63. The highest BCUT2D eigenvalue weighted by atomic mass is 35.5. The fraction of sp³-hybridized carbons (Fsp3) is 0. The average molecular weight is 352 g/mol. The zero-order valence-corrected chi connectivity index (χ0v) is 13.8. The van der Waals surface area contributed by atoms with Crippen LogP contribution in [0.3, 0.4) is 0 Å². The van der Waals surface area contributed by atoms with Crippen molar-refractivity contribution in [2.45, 2.75) is 0 Å². The molecule has 0 unspecified atom stereocenters. The van der Waals surface area contributed by atoms with Gasteiger partial charge in [-0.15, -0.1) is 0 Å². The highest BCUT2D eigenvalue weighted by Crippen LogP contribution is 2.20. The van der Waals surface area contributed by atoms with Crippen LogP contribution in [-0.4, -0.2) is 18.0 Å². The Kier molecular flexibility index (Phi) is 5.06. The van der Waals surface area contributed by atoms with Crippen LogP contribution in [0.25, 0.3) is 10.8 Å². The van der Waals surface area contributed by atoms with Gasteiger partial charge >= 0.3 is 11.8 Å². The van der Waals surface area contributed by atoms with Crippen molar-refractivity contribution in [3.8, 4) is 0 Å². The number of fused-ring (bicyclic) bond motifs is 1. The first-order chi connectivity index (χ1) is 12.1. The lowest BCUT2D eigenvalue weighted by atomic mass is 10.1. The molecular weight excluding hydrogens is 338 g/mol. The SMILES string of the molecule is O=C(N/N=C\c1cccc2ccccc12)C(=O)Nc1ccccc1Cl. The van der Waals surface area contributed by atoms with E-state index in [2.05, 4.69) is 15.8 Å². The molecule has 0 bridgehead atoms. The van der Waals surface area contributed by atoms with Gasteiger partial charge in [-0.25, -0.2) is 5.43 Å². The molecule has 0 spiro atoms. The highest BCUT2D eigenvalue weighted by Gasteiger charge is 2.14. The lowest BCUT2D eigenvalue weighted by Crippen LogP contribution is -2.32. The number of hydrazone groups is 1. The van der Waals surface area contributed by atoms with E-state index in [0.29, 0.717) is 10.7 Å². The van der Waals surface area contributed by atoms with Gasteiger partial charge in [0.05, 0.1) is 16.9 Å². The maximum absolute atomic E-state index is 11.9. The molecular formula is C19H14ClN3O2. The molecule has 3 aromatic carbocycles. The third kappa shape index (κ3) is 4.02. The minimum atomic E-state index is -0.878. The van der Waals surface area contributed by atoms with E-state index >= 15 is 0 Å². The van der Waals surface area contributed by atoms with Crippen LogP contribution in [0.5, 0.6) is 0 Å². The number of rotatable bonds is 3. The summed E-state index contributed by atoms with van der Waals surface area (Å²) in [6.07, 6.45) is 1.50. The molecule has 0 atom stereocenters. The first kappa shape index (κ1) is 16.7. The van der Waals surface area contributed by atoms with E-state index < -0.39 is 11.8 Å². The number of hydrogen-bond donors (Lipinski definition) is 2. The Morgan fingerprint density at radius 1 is 0.880 bits per heavy atom. The second-order valence-corrected chi connectivity index (χ2v) is 5.61. The predicted molar refractivity (Wildman–Crippen MR) is 99.8 cm³/mol. The second kappa shape index (κ2) is 7.59. The van der Waals surface area contributed by atoms with Gasteiger partial charge in [-0.2, -0.15) is 5.10 Å². The lowest BCUT2D eigenvalue weighted by molar-refractivity contribution is -0.136. The van der Waals surface area contributed by atoms with Gasteiger partial charge in [-0.1, -0.05) is 66.2 Å². The number of para-hydroxylation sites is 1. The number of halogens is 1. The Hall–Kier alpha value is -3.18. The summed E-state index contributed by atoms with van der Waals surface area (Å²) in [5, 5.41) is 8.71. The summed E-state index contributed by atoms with van der Waals surface area (Å²) in [5.74, 6) is -1.72. The molecule has 3 rings (SSSR count). The number of carbonyl (C=O) groups excluding carboxylic acids is 2. The zero-order chi connectivity index (χ0) is 17.6. The summed E-state index contributed by atoms with van der Waals surface area (Å²) in [4.78, 5) is 23.7. The molecule has 124 valence electrons. The number of hydrogen-bond acceptors (Lipinski definition) is 3. The summed E-state index contributed by atoms with van der Waals surface area (Å²) in [6, 6.07) is 20.2. The molecule has 6 heteroatoms. The summed E-state index contributed by atoms with van der Waals surface area (Å²) < 4.78 is 0. The molecule has 0 heterocycles. The van der Waals surface area contributed by atoms with Crippen LogP contribution >= 0.6 is 11.6 Å². The van der Waals surface area contributed by atoms with E-state index in [9.17, 15) is 9.59 Å². The van der Waals surface area contributed by atoms with Gasteiger partial charge in [0, 0.05) is 5.56 Å². The van der Waals surface area contributed by atoms with Crippen molar-refractivity contribution < 1.29 is 9.59 Å². The number of nitrogens with one attached hydrogen (secondary N) is 2. The maximum atomic E-state index is 11.9. The molecule has 3 aromatic rings. The van der Waals surface area contributed by atoms with E-state index in [-0.39, 0.29) is 0 Å². The number of anilines is 1. The monoisotopic (exact) mass is 351 g/mol. The summed E-state index contributed by atoms with van der Waals surface area (Å²) >= 11 is 5.94. The predicted octanol–water partition coefficient (Wildman–Crippen LogP) is 3.58. The Morgan fingerprint density at radius 3 is 2.44 bits per heavy atom. The summed E-state index contributed by atoms with van der Waals surface area (Å²) in [5.41, 5.74) is 3.41. The van der Waals surface area contributed by atoms with Crippen LogP contribution in [0.2, 0.25) is 5.02 Å². The van der Waals surface area contributed by atoms with Crippen LogP contribution in [-0.2, 0) is 9.59 Å². The van der Waals surface area contributed by atoms with Crippen molar-refractivity contribution in [3.63, 3.8) is 0 Å². The minimum Gasteiger partial charge on any atom is -0.316 e. The van der Waals surface area contributed by atoms with Crippen LogP contribution < -0.4 is 10.7 Å². The normalized spacial score (nSPS) is 10.8. The van der Waals surface area contributed by atoms with Gasteiger partial charge in [0.2, 0.25) is 0 Å². The van der Waals surface area contributed by atoms with Crippen LogP contribution in [0.4, 0.5) is 5.69 Å². The number of nitrogens with zero attached hydrogens (tertiary/aromatic N) is 1. The number of amides is 2. The molecule has 0 aliphatic carbocycles. The van der Waals surface area contributed by atoms with Crippen LogP contribution in [0, 0.1) is 0 Å². The first-order valence-corrected chi connectivity index (χ1v) is 7.89. The molecule has 0 fully saturated rings. The van der Waals surface area contributed by atoms with Gasteiger partial charge < -0.3 is 5.32 Å². The van der Waals surface area contributed by atoms with Gasteiger partial charge in [0.25, 0.3) is 0 Å². The molecule has 0 saturated heterocycles.